The fourth-order valence-electron chi connectivity index (χ4n) is 1.71. The monoisotopic (exact) mass is 259 g/mol. The molecule has 0 saturated heterocycles. The van der Waals surface area contributed by atoms with Gasteiger partial charge in [0.1, 0.15) is 0 Å². The van der Waals surface area contributed by atoms with Crippen LogP contribution in [0.5, 0.6) is 0 Å². The minimum atomic E-state index is -0.888. The van der Waals surface area contributed by atoms with E-state index >= 15 is 0 Å². The Kier molecular flexibility index (Phi) is 9.00. The van der Waals surface area contributed by atoms with Crippen molar-refractivity contribution in [3.63, 3.8) is 0 Å². The van der Waals surface area contributed by atoms with Gasteiger partial charge in [-0.15, -0.1) is 0 Å². The Balaban J connectivity index is 3.98. The van der Waals surface area contributed by atoms with Crippen LogP contribution in [0.1, 0.15) is 33.6 Å². The van der Waals surface area contributed by atoms with Gasteiger partial charge in [0.25, 0.3) is 0 Å². The van der Waals surface area contributed by atoms with Crippen LogP contribution in [0.4, 0.5) is 4.79 Å². The van der Waals surface area contributed by atoms with E-state index in [1.54, 1.807) is 11.8 Å². The van der Waals surface area contributed by atoms with Crippen molar-refractivity contribution < 1.29 is 14.7 Å². The second-order valence-electron chi connectivity index (χ2n) is 4.17. The van der Waals surface area contributed by atoms with Gasteiger partial charge in [0, 0.05) is 19.1 Å². The van der Waals surface area contributed by atoms with Crippen molar-refractivity contribution in [2.45, 2.75) is 39.7 Å². The van der Waals surface area contributed by atoms with Crippen molar-refractivity contribution in [1.82, 2.24) is 15.5 Å². The third-order valence-electron chi connectivity index (χ3n) is 2.66. The van der Waals surface area contributed by atoms with Crippen molar-refractivity contribution in [3.8, 4) is 0 Å². The Hall–Kier alpha value is -1.30. The number of amides is 2. The zero-order valence-electron chi connectivity index (χ0n) is 11.5. The van der Waals surface area contributed by atoms with Gasteiger partial charge >= 0.3 is 12.0 Å². The molecule has 0 saturated carbocycles. The average molecular weight is 259 g/mol. The maximum atomic E-state index is 11.8. The Morgan fingerprint density at radius 1 is 1.28 bits per heavy atom. The maximum Gasteiger partial charge on any atom is 0.317 e. The van der Waals surface area contributed by atoms with E-state index < -0.39 is 5.97 Å². The number of carboxylic acid groups (broad SMARTS) is 1. The van der Waals surface area contributed by atoms with Crippen LogP contribution in [0.15, 0.2) is 0 Å². The van der Waals surface area contributed by atoms with E-state index in [4.69, 9.17) is 5.11 Å². The van der Waals surface area contributed by atoms with Gasteiger partial charge in [0.05, 0.1) is 6.42 Å². The fraction of sp³-hybridized carbons (Fsp3) is 0.833. The normalized spacial score (nSPS) is 11.9. The van der Waals surface area contributed by atoms with Crippen molar-refractivity contribution in [2.75, 3.05) is 26.2 Å². The Morgan fingerprint density at radius 3 is 2.44 bits per heavy atom. The lowest BCUT2D eigenvalue weighted by atomic mass is 10.2. The van der Waals surface area contributed by atoms with Crippen LogP contribution in [-0.4, -0.2) is 54.2 Å². The molecule has 0 aromatic carbocycles. The molecule has 0 aromatic heterocycles. The van der Waals surface area contributed by atoms with Crippen LogP contribution in [0.3, 0.4) is 0 Å². The number of carbonyl (C=O) groups is 2. The Morgan fingerprint density at radius 2 is 1.94 bits per heavy atom. The molecular weight excluding hydrogens is 234 g/mol. The summed E-state index contributed by atoms with van der Waals surface area (Å²) in [6.45, 7) is 8.52. The highest BCUT2D eigenvalue weighted by Gasteiger charge is 2.19. The largest absolute Gasteiger partial charge is 0.481 e. The first-order valence-corrected chi connectivity index (χ1v) is 6.49. The summed E-state index contributed by atoms with van der Waals surface area (Å²) >= 11 is 0. The quantitative estimate of drug-likeness (QED) is 0.537. The summed E-state index contributed by atoms with van der Waals surface area (Å²) in [4.78, 5) is 24.0. The molecule has 0 aliphatic rings. The Labute approximate surface area is 109 Å². The molecule has 3 N–H and O–H groups in total. The highest BCUT2D eigenvalue weighted by molar-refractivity contribution is 5.75. The molecule has 1 unspecified atom stereocenters. The Bertz CT molecular complexity index is 259. The van der Waals surface area contributed by atoms with E-state index in [0.717, 1.165) is 19.5 Å². The summed E-state index contributed by atoms with van der Waals surface area (Å²) in [5.74, 6) is -0.888. The zero-order valence-corrected chi connectivity index (χ0v) is 11.5. The van der Waals surface area contributed by atoms with E-state index in [9.17, 15) is 9.59 Å². The number of urea groups is 1. The molecule has 0 bridgehead atoms. The number of carbonyl (C=O) groups excluding carboxylic acids is 1. The van der Waals surface area contributed by atoms with E-state index in [-0.39, 0.29) is 18.5 Å². The number of hydrogen-bond donors (Lipinski definition) is 3. The van der Waals surface area contributed by atoms with Gasteiger partial charge in [-0.2, -0.15) is 0 Å². The number of aliphatic carboxylic acids is 1. The zero-order chi connectivity index (χ0) is 14.0. The third kappa shape index (κ3) is 7.11. The van der Waals surface area contributed by atoms with Crippen LogP contribution in [-0.2, 0) is 4.79 Å². The predicted octanol–water partition coefficient (Wildman–Crippen LogP) is 0.881. The van der Waals surface area contributed by atoms with E-state index in [1.165, 1.54) is 0 Å². The van der Waals surface area contributed by atoms with E-state index in [0.29, 0.717) is 13.1 Å². The average Bonchev–Trinajstić information content (AvgIpc) is 2.28. The minimum Gasteiger partial charge on any atom is -0.481 e. The molecule has 106 valence electrons. The standard InChI is InChI=1S/C12H25N3O3/c1-4-13-7-6-8-14-12(18)15(5-2)10(3)9-11(16)17/h10,13H,4-9H2,1-3H3,(H,14,18)(H,16,17). The molecule has 2 amide bonds. The van der Waals surface area contributed by atoms with Gasteiger partial charge in [-0.25, -0.2) is 4.79 Å². The second-order valence-corrected chi connectivity index (χ2v) is 4.17. The van der Waals surface area contributed by atoms with E-state index in [1.807, 2.05) is 13.8 Å². The summed E-state index contributed by atoms with van der Waals surface area (Å²) in [6, 6.07) is -0.482. The molecular formula is C12H25N3O3. The number of hydrogen-bond acceptors (Lipinski definition) is 3. The van der Waals surface area contributed by atoms with Gasteiger partial charge in [0.15, 0.2) is 0 Å². The lowest BCUT2D eigenvalue weighted by Gasteiger charge is -2.27. The third-order valence-corrected chi connectivity index (χ3v) is 2.66. The molecule has 0 radical (unpaired) electrons. The van der Waals surface area contributed by atoms with Crippen LogP contribution in [0, 0.1) is 0 Å². The predicted molar refractivity (Wildman–Crippen MR) is 70.7 cm³/mol. The molecule has 0 fully saturated rings. The lowest BCUT2D eigenvalue weighted by molar-refractivity contribution is -0.138. The summed E-state index contributed by atoms with van der Waals surface area (Å²) < 4.78 is 0. The van der Waals surface area contributed by atoms with E-state index in [2.05, 4.69) is 10.6 Å². The first-order valence-electron chi connectivity index (χ1n) is 6.49. The smallest absolute Gasteiger partial charge is 0.317 e. The van der Waals surface area contributed by atoms with Crippen LogP contribution >= 0.6 is 0 Å². The van der Waals surface area contributed by atoms with Crippen molar-refractivity contribution >= 4 is 12.0 Å². The highest BCUT2D eigenvalue weighted by Crippen LogP contribution is 2.04. The van der Waals surface area contributed by atoms with Crippen LogP contribution < -0.4 is 10.6 Å². The van der Waals surface area contributed by atoms with Gasteiger partial charge in [-0.05, 0) is 33.4 Å². The molecule has 6 nitrogen and oxygen atoms in total. The number of carboxylic acids is 1. The fourth-order valence-corrected chi connectivity index (χ4v) is 1.71. The SMILES string of the molecule is CCNCCCNC(=O)N(CC)C(C)CC(=O)O. The second kappa shape index (κ2) is 9.70. The van der Waals surface area contributed by atoms with Crippen molar-refractivity contribution in [3.05, 3.63) is 0 Å². The molecule has 1 atom stereocenters. The lowest BCUT2D eigenvalue weighted by Crippen LogP contribution is -2.46. The van der Waals surface area contributed by atoms with Gasteiger partial charge in [0.2, 0.25) is 0 Å². The maximum absolute atomic E-state index is 11.8. The molecule has 0 heterocycles. The van der Waals surface area contributed by atoms with Gasteiger partial charge in [-0.1, -0.05) is 6.92 Å². The number of nitrogens with one attached hydrogen (secondary N) is 2. The topological polar surface area (TPSA) is 81.7 Å². The molecule has 0 aliphatic heterocycles. The van der Waals surface area contributed by atoms with Gasteiger partial charge < -0.3 is 20.6 Å². The summed E-state index contributed by atoms with van der Waals surface area (Å²) in [5.41, 5.74) is 0. The summed E-state index contributed by atoms with van der Waals surface area (Å²) in [6.07, 6.45) is 0.836. The van der Waals surface area contributed by atoms with Gasteiger partial charge in [-0.3, -0.25) is 4.79 Å². The van der Waals surface area contributed by atoms with Crippen LogP contribution in [0.25, 0.3) is 0 Å². The molecule has 0 aliphatic carbocycles. The minimum absolute atomic E-state index is 0.0291. The first-order chi connectivity index (χ1) is 8.52. The van der Waals surface area contributed by atoms with Crippen molar-refractivity contribution in [2.24, 2.45) is 0 Å². The summed E-state index contributed by atoms with van der Waals surface area (Å²) in [5, 5.41) is 14.7. The molecule has 0 spiro atoms. The highest BCUT2D eigenvalue weighted by atomic mass is 16.4. The number of nitrogens with zero attached hydrogens (tertiary/aromatic N) is 1. The molecule has 0 rings (SSSR count). The van der Waals surface area contributed by atoms with Crippen LogP contribution in [0.2, 0.25) is 0 Å². The molecule has 6 heteroatoms. The first kappa shape index (κ1) is 16.7. The number of rotatable bonds is 9. The molecule has 18 heavy (non-hydrogen) atoms. The summed E-state index contributed by atoms with van der Waals surface area (Å²) in [7, 11) is 0. The molecule has 0 aromatic rings. The van der Waals surface area contributed by atoms with Crippen molar-refractivity contribution in [1.29, 1.82) is 0 Å².